The van der Waals surface area contributed by atoms with E-state index in [4.69, 9.17) is 5.73 Å². The molecule has 13 nitrogen and oxygen atoms in total. The first-order valence-corrected chi connectivity index (χ1v) is 13.1. The van der Waals surface area contributed by atoms with Gasteiger partial charge in [0.2, 0.25) is 17.7 Å². The van der Waals surface area contributed by atoms with Crippen LogP contribution in [0.15, 0.2) is 43.0 Å². The number of rotatable bonds is 14. The van der Waals surface area contributed by atoms with Crippen molar-refractivity contribution < 1.29 is 29.4 Å². The minimum Gasteiger partial charge on any atom is -0.480 e. The Bertz CT molecular complexity index is 1310. The average Bonchev–Trinajstić information content (AvgIpc) is 3.59. The van der Waals surface area contributed by atoms with Crippen molar-refractivity contribution in [3.8, 4) is 0 Å². The van der Waals surface area contributed by atoms with Gasteiger partial charge < -0.3 is 41.9 Å². The zero-order valence-corrected chi connectivity index (χ0v) is 22.7. The number of aliphatic hydroxyl groups is 1. The quantitative estimate of drug-likeness (QED) is 0.135. The van der Waals surface area contributed by atoms with Crippen molar-refractivity contribution in [2.45, 2.75) is 70.3 Å². The Morgan fingerprint density at radius 1 is 0.975 bits per heavy atom. The van der Waals surface area contributed by atoms with Crippen molar-refractivity contribution in [2.75, 3.05) is 0 Å². The number of nitrogens with zero attached hydrogens (tertiary/aromatic N) is 1. The van der Waals surface area contributed by atoms with Gasteiger partial charge in [0.15, 0.2) is 0 Å². The SMILES string of the molecule is CCC(C)C(NC(=O)C(NC(=O)C(N)Cc1c[nH]c2ccccc12)C(C)O)C(=O)NC(Cc1cnc[nH]1)C(=O)O. The van der Waals surface area contributed by atoms with E-state index in [1.54, 1.807) is 13.1 Å². The standard InChI is InChI=1S/C27H37N7O6/c1-4-14(2)22(25(37)32-21(27(39)40)10-17-12-29-13-31-17)33-26(38)23(15(3)35)34-24(36)19(28)9-16-11-30-20-8-6-5-7-18(16)20/h5-8,11-15,19,21-23,30,35H,4,9-10,28H2,1-3H3,(H,29,31)(H,32,37)(H,33,38)(H,34,36)(H,39,40). The number of H-pyrrole nitrogens is 2. The molecule has 2 heterocycles. The topological polar surface area (TPSA) is 215 Å². The van der Waals surface area contributed by atoms with Crippen LogP contribution in [-0.2, 0) is 32.0 Å². The zero-order valence-electron chi connectivity index (χ0n) is 22.7. The van der Waals surface area contributed by atoms with E-state index >= 15 is 0 Å². The number of fused-ring (bicyclic) bond motifs is 1. The van der Waals surface area contributed by atoms with E-state index in [9.17, 15) is 29.4 Å². The van der Waals surface area contributed by atoms with Crippen molar-refractivity contribution in [1.29, 1.82) is 0 Å². The van der Waals surface area contributed by atoms with E-state index in [-0.39, 0.29) is 18.8 Å². The van der Waals surface area contributed by atoms with E-state index < -0.39 is 54.0 Å². The molecule has 0 fully saturated rings. The van der Waals surface area contributed by atoms with Gasteiger partial charge in [-0.25, -0.2) is 9.78 Å². The highest BCUT2D eigenvalue weighted by molar-refractivity contribution is 5.95. The maximum absolute atomic E-state index is 13.2. The van der Waals surface area contributed by atoms with Crippen molar-refractivity contribution in [2.24, 2.45) is 11.7 Å². The maximum atomic E-state index is 13.2. The fourth-order valence-corrected chi connectivity index (χ4v) is 4.32. The number of carboxylic acids is 1. The number of aliphatic hydroxyl groups excluding tert-OH is 1. The average molecular weight is 556 g/mol. The Kier molecular flexibility index (Phi) is 10.4. The van der Waals surface area contributed by atoms with Crippen molar-refractivity contribution in [1.82, 2.24) is 30.9 Å². The summed E-state index contributed by atoms with van der Waals surface area (Å²) in [5.41, 5.74) is 8.38. The molecule has 0 aliphatic rings. The molecule has 0 aliphatic heterocycles. The number of para-hydroxylation sites is 1. The zero-order chi connectivity index (χ0) is 29.4. The van der Waals surface area contributed by atoms with Crippen LogP contribution in [0.25, 0.3) is 10.9 Å². The van der Waals surface area contributed by atoms with Crippen LogP contribution < -0.4 is 21.7 Å². The molecule has 1 aromatic carbocycles. The summed E-state index contributed by atoms with van der Waals surface area (Å²) >= 11 is 0. The van der Waals surface area contributed by atoms with E-state index in [1.807, 2.05) is 31.2 Å². The fraction of sp³-hybridized carbons (Fsp3) is 0.444. The number of hydrogen-bond acceptors (Lipinski definition) is 7. The second-order valence-electron chi connectivity index (χ2n) is 9.95. The Balaban J connectivity index is 1.68. The van der Waals surface area contributed by atoms with Crippen molar-refractivity contribution in [3.63, 3.8) is 0 Å². The number of amides is 3. The number of carbonyl (C=O) groups excluding carboxylic acids is 3. The van der Waals surface area contributed by atoms with Gasteiger partial charge in [-0.1, -0.05) is 38.5 Å². The highest BCUT2D eigenvalue weighted by Crippen LogP contribution is 2.19. The first kappa shape index (κ1) is 30.3. The fourth-order valence-electron chi connectivity index (χ4n) is 4.32. The van der Waals surface area contributed by atoms with Crippen LogP contribution >= 0.6 is 0 Å². The van der Waals surface area contributed by atoms with Crippen LogP contribution in [0.3, 0.4) is 0 Å². The predicted molar refractivity (Wildman–Crippen MR) is 147 cm³/mol. The normalized spacial score (nSPS) is 15.8. The van der Waals surface area contributed by atoms with Crippen LogP contribution in [0.4, 0.5) is 0 Å². The van der Waals surface area contributed by atoms with Gasteiger partial charge in [-0.2, -0.15) is 0 Å². The Morgan fingerprint density at radius 3 is 2.27 bits per heavy atom. The molecule has 13 heteroatoms. The number of nitrogens with two attached hydrogens (primary N) is 1. The number of carboxylic acid groups (broad SMARTS) is 1. The van der Waals surface area contributed by atoms with Gasteiger partial charge in [-0.3, -0.25) is 14.4 Å². The second kappa shape index (κ2) is 13.7. The smallest absolute Gasteiger partial charge is 0.326 e. The van der Waals surface area contributed by atoms with Crippen LogP contribution in [0.5, 0.6) is 0 Å². The van der Waals surface area contributed by atoms with Gasteiger partial charge in [-0.05, 0) is 30.9 Å². The second-order valence-corrected chi connectivity index (χ2v) is 9.95. The molecule has 3 rings (SSSR count). The molecule has 216 valence electrons. The summed E-state index contributed by atoms with van der Waals surface area (Å²) in [6.07, 6.45) is 3.94. The number of hydrogen-bond donors (Lipinski definition) is 8. The highest BCUT2D eigenvalue weighted by atomic mass is 16.4. The van der Waals surface area contributed by atoms with Gasteiger partial charge in [0, 0.05) is 35.4 Å². The lowest BCUT2D eigenvalue weighted by atomic mass is 9.96. The lowest BCUT2D eigenvalue weighted by Crippen LogP contribution is -2.61. The van der Waals surface area contributed by atoms with Gasteiger partial charge in [0.25, 0.3) is 0 Å². The molecular weight excluding hydrogens is 518 g/mol. The van der Waals surface area contributed by atoms with Gasteiger partial charge >= 0.3 is 5.97 Å². The Hall–Kier alpha value is -4.23. The van der Waals surface area contributed by atoms with Crippen LogP contribution in [0, 0.1) is 5.92 Å². The number of aromatic amines is 2. The van der Waals surface area contributed by atoms with E-state index in [0.29, 0.717) is 12.1 Å². The molecule has 0 radical (unpaired) electrons. The first-order valence-electron chi connectivity index (χ1n) is 13.1. The molecule has 0 aliphatic carbocycles. The van der Waals surface area contributed by atoms with E-state index in [1.165, 1.54) is 19.4 Å². The molecular formula is C27H37N7O6. The third-order valence-electron chi connectivity index (χ3n) is 6.90. The summed E-state index contributed by atoms with van der Waals surface area (Å²) in [4.78, 5) is 60.8. The molecule has 6 unspecified atom stereocenters. The van der Waals surface area contributed by atoms with E-state index in [0.717, 1.165) is 16.5 Å². The molecule has 2 aromatic heterocycles. The third kappa shape index (κ3) is 7.67. The number of aliphatic carboxylic acids is 1. The number of nitrogens with one attached hydrogen (secondary N) is 5. The number of benzene rings is 1. The number of aromatic nitrogens is 3. The van der Waals surface area contributed by atoms with Crippen LogP contribution in [-0.4, -0.2) is 79.1 Å². The van der Waals surface area contributed by atoms with Crippen LogP contribution in [0.1, 0.15) is 38.4 Å². The minimum atomic E-state index is -1.40. The molecule has 0 bridgehead atoms. The summed E-state index contributed by atoms with van der Waals surface area (Å²) < 4.78 is 0. The molecule has 3 aromatic rings. The van der Waals surface area contributed by atoms with Crippen LogP contribution in [0.2, 0.25) is 0 Å². The largest absolute Gasteiger partial charge is 0.480 e. The van der Waals surface area contributed by atoms with Gasteiger partial charge in [-0.15, -0.1) is 0 Å². The molecule has 0 saturated carbocycles. The molecule has 0 spiro atoms. The van der Waals surface area contributed by atoms with Crippen molar-refractivity contribution in [3.05, 3.63) is 54.2 Å². The molecule has 0 saturated heterocycles. The van der Waals surface area contributed by atoms with Crippen molar-refractivity contribution >= 4 is 34.6 Å². The lowest BCUT2D eigenvalue weighted by Gasteiger charge is -2.29. The van der Waals surface area contributed by atoms with Gasteiger partial charge in [0.1, 0.15) is 18.1 Å². The van der Waals surface area contributed by atoms with Gasteiger partial charge in [0.05, 0.1) is 18.5 Å². The summed E-state index contributed by atoms with van der Waals surface area (Å²) in [5, 5.41) is 28.4. The predicted octanol–water partition coefficient (Wildman–Crippen LogP) is -0.0306. The molecule has 6 atom stereocenters. The first-order chi connectivity index (χ1) is 19.0. The Labute approximate surface area is 231 Å². The molecule has 9 N–H and O–H groups in total. The summed E-state index contributed by atoms with van der Waals surface area (Å²) in [7, 11) is 0. The highest BCUT2D eigenvalue weighted by Gasteiger charge is 2.34. The third-order valence-corrected chi connectivity index (χ3v) is 6.90. The lowest BCUT2D eigenvalue weighted by molar-refractivity contribution is -0.142. The molecule has 3 amide bonds. The number of carbonyl (C=O) groups is 4. The van der Waals surface area contributed by atoms with E-state index in [2.05, 4.69) is 30.9 Å². The summed E-state index contributed by atoms with van der Waals surface area (Å²) in [6, 6.07) is 2.75. The molecule has 40 heavy (non-hydrogen) atoms. The minimum absolute atomic E-state index is 0.0388. The number of imidazole rings is 1. The Morgan fingerprint density at radius 2 is 1.65 bits per heavy atom. The maximum Gasteiger partial charge on any atom is 0.326 e. The summed E-state index contributed by atoms with van der Waals surface area (Å²) in [5.74, 6) is -3.80. The summed E-state index contributed by atoms with van der Waals surface area (Å²) in [6.45, 7) is 4.87. The monoisotopic (exact) mass is 555 g/mol.